The van der Waals surface area contributed by atoms with E-state index < -0.39 is 20.7 Å². The smallest absolute Gasteiger partial charge is 0.243 e. The minimum Gasteiger partial charge on any atom is -0.398 e. The first-order valence-electron chi connectivity index (χ1n) is 6.99. The molecule has 1 aliphatic carbocycles. The second-order valence-electron chi connectivity index (χ2n) is 5.74. The van der Waals surface area contributed by atoms with E-state index in [2.05, 4.69) is 9.62 Å². The molecule has 2 rings (SSSR count). The van der Waals surface area contributed by atoms with Gasteiger partial charge in [0.2, 0.25) is 10.0 Å². The third kappa shape index (κ3) is 3.72. The summed E-state index contributed by atoms with van der Waals surface area (Å²) < 4.78 is 40.7. The third-order valence-electron chi connectivity index (χ3n) is 4.00. The fraction of sp³-hybridized carbons (Fsp3) is 0.571. The molecule has 7 heteroatoms. The van der Waals surface area contributed by atoms with Crippen molar-refractivity contribution in [3.63, 3.8) is 0 Å². The Labute approximate surface area is 125 Å². The molecule has 1 aromatic carbocycles. The lowest BCUT2D eigenvalue weighted by Gasteiger charge is -2.24. The first-order chi connectivity index (χ1) is 9.72. The minimum absolute atomic E-state index is 0.0538. The van der Waals surface area contributed by atoms with Crippen molar-refractivity contribution in [2.24, 2.45) is 0 Å². The fourth-order valence-corrected chi connectivity index (χ4v) is 3.38. The van der Waals surface area contributed by atoms with Gasteiger partial charge in [-0.25, -0.2) is 17.5 Å². The van der Waals surface area contributed by atoms with Crippen molar-refractivity contribution < 1.29 is 12.8 Å². The van der Waals surface area contributed by atoms with Gasteiger partial charge in [0.1, 0.15) is 10.7 Å². The van der Waals surface area contributed by atoms with Crippen LogP contribution in [0, 0.1) is 12.7 Å². The molecule has 1 aromatic rings. The number of nitrogens with one attached hydrogen (secondary N) is 1. The van der Waals surface area contributed by atoms with Crippen LogP contribution in [0.5, 0.6) is 0 Å². The van der Waals surface area contributed by atoms with Crippen LogP contribution in [0.2, 0.25) is 0 Å². The number of nitrogens with zero attached hydrogens (tertiary/aromatic N) is 1. The molecule has 1 atom stereocenters. The Morgan fingerprint density at radius 3 is 2.67 bits per heavy atom. The number of hydrogen-bond donors (Lipinski definition) is 2. The zero-order chi connectivity index (χ0) is 15.8. The van der Waals surface area contributed by atoms with Crippen LogP contribution in [0.3, 0.4) is 0 Å². The van der Waals surface area contributed by atoms with Gasteiger partial charge in [-0.15, -0.1) is 0 Å². The van der Waals surface area contributed by atoms with Gasteiger partial charge in [-0.05, 0) is 51.4 Å². The summed E-state index contributed by atoms with van der Waals surface area (Å²) in [5.74, 6) is -0.780. The summed E-state index contributed by atoms with van der Waals surface area (Å²) in [6.45, 7) is 3.82. The highest BCUT2D eigenvalue weighted by atomic mass is 32.2. The van der Waals surface area contributed by atoms with Crippen LogP contribution in [0.4, 0.5) is 10.1 Å². The normalized spacial score (nSPS) is 17.2. The predicted molar refractivity (Wildman–Crippen MR) is 81.0 cm³/mol. The lowest BCUT2D eigenvalue weighted by molar-refractivity contribution is 0.248. The molecule has 0 aromatic heterocycles. The van der Waals surface area contributed by atoms with Gasteiger partial charge >= 0.3 is 0 Å². The van der Waals surface area contributed by atoms with Crippen molar-refractivity contribution in [1.82, 2.24) is 9.62 Å². The quantitative estimate of drug-likeness (QED) is 0.780. The SMILES string of the molecule is Cc1cc(F)c(S(=O)(=O)NCC(C)N(C)C2CC2)cc1N. The number of nitrogens with two attached hydrogens (primary N) is 1. The summed E-state index contributed by atoms with van der Waals surface area (Å²) in [5, 5.41) is 0. The van der Waals surface area contributed by atoms with E-state index in [9.17, 15) is 12.8 Å². The highest BCUT2D eigenvalue weighted by Crippen LogP contribution is 2.27. The Hall–Kier alpha value is -1.18. The van der Waals surface area contributed by atoms with Crippen molar-refractivity contribution in [2.45, 2.75) is 43.7 Å². The highest BCUT2D eigenvalue weighted by molar-refractivity contribution is 7.89. The standard InChI is InChI=1S/C14H22FN3O2S/c1-9-6-12(15)14(7-13(9)16)21(19,20)17-8-10(2)18(3)11-4-5-11/h6-7,10-11,17H,4-5,8,16H2,1-3H3. The summed E-state index contributed by atoms with van der Waals surface area (Å²) in [7, 11) is -1.92. The van der Waals surface area contributed by atoms with E-state index in [1.807, 2.05) is 14.0 Å². The van der Waals surface area contributed by atoms with E-state index in [1.165, 1.54) is 6.07 Å². The van der Waals surface area contributed by atoms with Crippen molar-refractivity contribution in [2.75, 3.05) is 19.3 Å². The Bertz CT molecular complexity index is 629. The number of sulfonamides is 1. The van der Waals surface area contributed by atoms with Crippen molar-refractivity contribution in [3.05, 3.63) is 23.5 Å². The van der Waals surface area contributed by atoms with E-state index in [0.717, 1.165) is 18.9 Å². The van der Waals surface area contributed by atoms with E-state index in [0.29, 0.717) is 11.6 Å². The number of likely N-dealkylation sites (N-methyl/N-ethyl adjacent to an activating group) is 1. The molecule has 0 aliphatic heterocycles. The number of benzene rings is 1. The molecule has 1 unspecified atom stereocenters. The molecule has 3 N–H and O–H groups in total. The maximum Gasteiger partial charge on any atom is 0.243 e. The third-order valence-corrected chi connectivity index (χ3v) is 5.44. The number of aryl methyl sites for hydroxylation is 1. The first-order valence-corrected chi connectivity index (χ1v) is 8.48. The van der Waals surface area contributed by atoms with Gasteiger partial charge in [-0.3, -0.25) is 4.90 Å². The zero-order valence-corrected chi connectivity index (χ0v) is 13.4. The Morgan fingerprint density at radius 1 is 1.48 bits per heavy atom. The second kappa shape index (κ2) is 5.90. The Kier molecular flexibility index (Phi) is 4.55. The van der Waals surface area contributed by atoms with E-state index in [4.69, 9.17) is 5.73 Å². The van der Waals surface area contributed by atoms with Gasteiger partial charge in [0.05, 0.1) is 0 Å². The average Bonchev–Trinajstić information content (AvgIpc) is 3.23. The molecule has 5 nitrogen and oxygen atoms in total. The summed E-state index contributed by atoms with van der Waals surface area (Å²) in [6.07, 6.45) is 2.30. The van der Waals surface area contributed by atoms with Crippen LogP contribution in [0.25, 0.3) is 0 Å². The molecule has 0 spiro atoms. The number of nitrogen functional groups attached to an aromatic ring is 1. The summed E-state index contributed by atoms with van der Waals surface area (Å²) in [5.41, 5.74) is 6.46. The van der Waals surface area contributed by atoms with E-state index in [-0.39, 0.29) is 18.3 Å². The van der Waals surface area contributed by atoms with Crippen molar-refractivity contribution in [1.29, 1.82) is 0 Å². The van der Waals surface area contributed by atoms with Crippen LogP contribution < -0.4 is 10.5 Å². The lowest BCUT2D eigenvalue weighted by Crippen LogP contribution is -2.41. The first kappa shape index (κ1) is 16.2. The molecule has 21 heavy (non-hydrogen) atoms. The molecule has 1 saturated carbocycles. The lowest BCUT2D eigenvalue weighted by atomic mass is 10.2. The zero-order valence-electron chi connectivity index (χ0n) is 12.6. The van der Waals surface area contributed by atoms with E-state index >= 15 is 0 Å². The molecule has 0 radical (unpaired) electrons. The van der Waals surface area contributed by atoms with E-state index in [1.54, 1.807) is 6.92 Å². The van der Waals surface area contributed by atoms with Crippen LogP contribution in [0.1, 0.15) is 25.3 Å². The molecule has 0 heterocycles. The molecule has 1 aliphatic rings. The van der Waals surface area contributed by atoms with Gasteiger partial charge in [-0.1, -0.05) is 0 Å². The molecule has 118 valence electrons. The monoisotopic (exact) mass is 315 g/mol. The summed E-state index contributed by atoms with van der Waals surface area (Å²) >= 11 is 0. The van der Waals surface area contributed by atoms with Crippen LogP contribution >= 0.6 is 0 Å². The summed E-state index contributed by atoms with van der Waals surface area (Å²) in [4.78, 5) is 1.74. The molecule has 0 amide bonds. The topological polar surface area (TPSA) is 75.4 Å². The summed E-state index contributed by atoms with van der Waals surface area (Å²) in [6, 6.07) is 2.90. The molecule has 0 saturated heterocycles. The largest absolute Gasteiger partial charge is 0.398 e. The molecular formula is C14H22FN3O2S. The van der Waals surface area contributed by atoms with Crippen molar-refractivity contribution in [3.8, 4) is 0 Å². The maximum atomic E-state index is 13.9. The number of halogens is 1. The number of rotatable bonds is 6. The Balaban J connectivity index is 2.09. The van der Waals surface area contributed by atoms with Gasteiger partial charge in [0.25, 0.3) is 0 Å². The average molecular weight is 315 g/mol. The van der Waals surface area contributed by atoms with Crippen molar-refractivity contribution >= 4 is 15.7 Å². The van der Waals surface area contributed by atoms with Gasteiger partial charge in [-0.2, -0.15) is 0 Å². The molecule has 0 bridgehead atoms. The van der Waals surface area contributed by atoms with Gasteiger partial charge < -0.3 is 5.73 Å². The maximum absolute atomic E-state index is 13.9. The van der Waals surface area contributed by atoms with Gasteiger partial charge in [0.15, 0.2) is 0 Å². The minimum atomic E-state index is -3.90. The number of anilines is 1. The van der Waals surface area contributed by atoms with Crippen LogP contribution in [-0.2, 0) is 10.0 Å². The van der Waals surface area contributed by atoms with Gasteiger partial charge in [0, 0.05) is 24.3 Å². The number of hydrogen-bond acceptors (Lipinski definition) is 4. The molecular weight excluding hydrogens is 293 g/mol. The van der Waals surface area contributed by atoms with Crippen LogP contribution in [0.15, 0.2) is 17.0 Å². The fourth-order valence-electron chi connectivity index (χ4n) is 2.17. The molecule has 1 fully saturated rings. The second-order valence-corrected chi connectivity index (χ2v) is 7.47. The Morgan fingerprint density at radius 2 is 2.10 bits per heavy atom. The highest BCUT2D eigenvalue weighted by Gasteiger charge is 2.30. The predicted octanol–water partition coefficient (Wildman–Crippen LogP) is 1.48. The van der Waals surface area contributed by atoms with Crippen LogP contribution in [-0.4, -0.2) is 39.0 Å².